The molecule has 0 atom stereocenters. The van der Waals surface area contributed by atoms with Gasteiger partial charge in [0.2, 0.25) is 5.95 Å². The van der Waals surface area contributed by atoms with Crippen molar-refractivity contribution in [1.29, 1.82) is 0 Å². The number of fused-ring (bicyclic) bond motifs is 1. The highest BCUT2D eigenvalue weighted by Gasteiger charge is 2.27. The maximum absolute atomic E-state index is 4.71. The predicted molar refractivity (Wildman–Crippen MR) is 88.3 cm³/mol. The van der Waals surface area contributed by atoms with E-state index in [0.717, 1.165) is 48.7 Å². The number of piperazine rings is 1. The fraction of sp³-hybridized carbons (Fsp3) is 0.600. The highest BCUT2D eigenvalue weighted by atomic mass is 32.1. The Hall–Kier alpha value is -1.40. The first kappa shape index (κ1) is 13.3. The van der Waals surface area contributed by atoms with Crippen molar-refractivity contribution in [1.82, 2.24) is 14.9 Å². The third kappa shape index (κ3) is 2.70. The van der Waals surface area contributed by atoms with E-state index in [4.69, 9.17) is 4.98 Å². The summed E-state index contributed by atoms with van der Waals surface area (Å²) in [6.45, 7) is 5.74. The highest BCUT2D eigenvalue weighted by molar-refractivity contribution is 7.16. The largest absolute Gasteiger partial charge is 0.357 e. The molecule has 0 spiro atoms. The first-order valence-electron chi connectivity index (χ1n) is 7.74. The summed E-state index contributed by atoms with van der Waals surface area (Å²) >= 11 is 1.68. The number of thiophene rings is 1. The Labute approximate surface area is 129 Å². The van der Waals surface area contributed by atoms with Gasteiger partial charge in [-0.2, -0.15) is 4.98 Å². The fourth-order valence-electron chi connectivity index (χ4n) is 3.00. The van der Waals surface area contributed by atoms with E-state index in [2.05, 4.69) is 31.5 Å². The molecule has 0 bridgehead atoms. The number of hydrogen-bond acceptors (Lipinski definition) is 6. The van der Waals surface area contributed by atoms with Gasteiger partial charge in [-0.1, -0.05) is 0 Å². The van der Waals surface area contributed by atoms with Crippen LogP contribution in [-0.4, -0.2) is 54.6 Å². The first-order valence-corrected chi connectivity index (χ1v) is 8.62. The lowest BCUT2D eigenvalue weighted by Crippen LogP contribution is -2.47. The average Bonchev–Trinajstić information content (AvgIpc) is 3.21. The second-order valence-electron chi connectivity index (χ2n) is 5.99. The molecule has 2 aromatic heterocycles. The number of nitrogens with one attached hydrogen (secondary N) is 1. The summed E-state index contributed by atoms with van der Waals surface area (Å²) < 4.78 is 0. The van der Waals surface area contributed by atoms with E-state index in [-0.39, 0.29) is 0 Å². The van der Waals surface area contributed by atoms with Crippen molar-refractivity contribution in [2.45, 2.75) is 12.8 Å². The minimum atomic E-state index is 0.723. The zero-order chi connectivity index (χ0) is 14.2. The van der Waals surface area contributed by atoms with E-state index in [1.54, 1.807) is 11.3 Å². The van der Waals surface area contributed by atoms with Crippen LogP contribution >= 0.6 is 11.3 Å². The summed E-state index contributed by atoms with van der Waals surface area (Å²) in [6.07, 6.45) is 2.88. The van der Waals surface area contributed by atoms with Gasteiger partial charge in [-0.05, 0) is 30.2 Å². The van der Waals surface area contributed by atoms with Crippen LogP contribution in [0.25, 0.3) is 10.2 Å². The van der Waals surface area contributed by atoms with Crippen LogP contribution in [0.5, 0.6) is 0 Å². The third-order valence-corrected chi connectivity index (χ3v) is 5.22. The van der Waals surface area contributed by atoms with Gasteiger partial charge in [0.15, 0.2) is 0 Å². The Kier molecular flexibility index (Phi) is 3.43. The zero-order valence-electron chi connectivity index (χ0n) is 12.4. The number of rotatable bonds is 4. The van der Waals surface area contributed by atoms with E-state index >= 15 is 0 Å². The van der Waals surface area contributed by atoms with Gasteiger partial charge in [-0.15, -0.1) is 11.3 Å². The molecular weight excluding hydrogens is 282 g/mol. The molecule has 0 radical (unpaired) electrons. The van der Waals surface area contributed by atoms with Crippen molar-refractivity contribution >= 4 is 33.3 Å². The van der Waals surface area contributed by atoms with Gasteiger partial charge in [0.25, 0.3) is 0 Å². The van der Waals surface area contributed by atoms with E-state index in [0.29, 0.717) is 0 Å². The Balaban J connectivity index is 1.54. The van der Waals surface area contributed by atoms with Crippen LogP contribution in [0.2, 0.25) is 0 Å². The monoisotopic (exact) mass is 303 g/mol. The van der Waals surface area contributed by atoms with Crippen molar-refractivity contribution in [3.63, 3.8) is 0 Å². The molecule has 4 rings (SSSR count). The summed E-state index contributed by atoms with van der Waals surface area (Å²) in [5.74, 6) is 2.80. The summed E-state index contributed by atoms with van der Waals surface area (Å²) in [6, 6.07) is 2.14. The van der Waals surface area contributed by atoms with Gasteiger partial charge in [0, 0.05) is 39.8 Å². The highest BCUT2D eigenvalue weighted by Crippen LogP contribution is 2.32. The van der Waals surface area contributed by atoms with Crippen molar-refractivity contribution in [3.05, 3.63) is 11.4 Å². The molecule has 1 saturated heterocycles. The maximum atomic E-state index is 4.71. The third-order valence-electron chi connectivity index (χ3n) is 4.41. The molecule has 1 N–H and O–H groups in total. The molecule has 112 valence electrons. The Morgan fingerprint density at radius 1 is 1.24 bits per heavy atom. The quantitative estimate of drug-likeness (QED) is 0.938. The van der Waals surface area contributed by atoms with Crippen LogP contribution in [0.15, 0.2) is 11.4 Å². The van der Waals surface area contributed by atoms with E-state index in [1.165, 1.54) is 24.8 Å². The second kappa shape index (κ2) is 5.42. The molecule has 6 heteroatoms. The van der Waals surface area contributed by atoms with Gasteiger partial charge >= 0.3 is 0 Å². The maximum Gasteiger partial charge on any atom is 0.225 e. The van der Waals surface area contributed by atoms with E-state index < -0.39 is 0 Å². The smallest absolute Gasteiger partial charge is 0.225 e. The van der Waals surface area contributed by atoms with Crippen LogP contribution in [0, 0.1) is 5.92 Å². The molecular formula is C15H21N5S. The van der Waals surface area contributed by atoms with Crippen LogP contribution in [0.3, 0.4) is 0 Å². The SMILES string of the molecule is CNc1nc(N2CCN(CC3CC3)CC2)c2ccsc2n1. The van der Waals surface area contributed by atoms with Gasteiger partial charge in [0.1, 0.15) is 10.6 Å². The summed E-state index contributed by atoms with van der Waals surface area (Å²) in [7, 11) is 1.88. The predicted octanol–water partition coefficient (Wildman–Crippen LogP) is 2.26. The number of anilines is 2. The van der Waals surface area contributed by atoms with Crippen molar-refractivity contribution in [2.75, 3.05) is 50.0 Å². The Bertz CT molecular complexity index is 628. The molecule has 3 heterocycles. The Morgan fingerprint density at radius 2 is 2.05 bits per heavy atom. The lowest BCUT2D eigenvalue weighted by molar-refractivity contribution is 0.248. The zero-order valence-corrected chi connectivity index (χ0v) is 13.2. The molecule has 1 saturated carbocycles. The standard InChI is InChI=1S/C15H21N5S/c1-16-15-17-13(12-4-9-21-14(12)18-15)20-7-5-19(6-8-20)10-11-2-3-11/h4,9,11H,2-3,5-8,10H2,1H3,(H,16,17,18). The van der Waals surface area contributed by atoms with Crippen LogP contribution < -0.4 is 10.2 Å². The molecule has 1 aliphatic heterocycles. The molecule has 2 fully saturated rings. The number of aromatic nitrogens is 2. The molecule has 5 nitrogen and oxygen atoms in total. The van der Waals surface area contributed by atoms with Crippen LogP contribution in [0.4, 0.5) is 11.8 Å². The van der Waals surface area contributed by atoms with Crippen molar-refractivity contribution in [3.8, 4) is 0 Å². The normalized spacial score (nSPS) is 20.1. The lowest BCUT2D eigenvalue weighted by atomic mass is 10.2. The summed E-state index contributed by atoms with van der Waals surface area (Å²) in [4.78, 5) is 15.3. The van der Waals surface area contributed by atoms with Gasteiger partial charge in [-0.25, -0.2) is 4.98 Å². The molecule has 21 heavy (non-hydrogen) atoms. The molecule has 0 amide bonds. The van der Waals surface area contributed by atoms with Gasteiger partial charge < -0.3 is 10.2 Å². The topological polar surface area (TPSA) is 44.3 Å². The first-order chi connectivity index (χ1) is 10.3. The molecule has 2 aliphatic rings. The summed E-state index contributed by atoms with van der Waals surface area (Å²) in [5, 5.41) is 6.37. The molecule has 1 aliphatic carbocycles. The second-order valence-corrected chi connectivity index (χ2v) is 6.89. The molecule has 2 aromatic rings. The van der Waals surface area contributed by atoms with E-state index in [1.807, 2.05) is 7.05 Å². The number of hydrogen-bond donors (Lipinski definition) is 1. The van der Waals surface area contributed by atoms with Crippen LogP contribution in [-0.2, 0) is 0 Å². The fourth-order valence-corrected chi connectivity index (χ4v) is 3.76. The minimum absolute atomic E-state index is 0.723. The summed E-state index contributed by atoms with van der Waals surface area (Å²) in [5.41, 5.74) is 0. The lowest BCUT2D eigenvalue weighted by Gasteiger charge is -2.35. The Morgan fingerprint density at radius 3 is 2.76 bits per heavy atom. The number of nitrogens with zero attached hydrogens (tertiary/aromatic N) is 4. The van der Waals surface area contributed by atoms with Crippen molar-refractivity contribution in [2.24, 2.45) is 5.92 Å². The van der Waals surface area contributed by atoms with Gasteiger partial charge in [0.05, 0.1) is 5.39 Å². The average molecular weight is 303 g/mol. The molecule has 0 aromatic carbocycles. The minimum Gasteiger partial charge on any atom is -0.357 e. The molecule has 0 unspecified atom stereocenters. The van der Waals surface area contributed by atoms with Gasteiger partial charge in [-0.3, -0.25) is 4.90 Å². The van der Waals surface area contributed by atoms with E-state index in [9.17, 15) is 0 Å². The van der Waals surface area contributed by atoms with Crippen LogP contribution in [0.1, 0.15) is 12.8 Å². The van der Waals surface area contributed by atoms with Crippen molar-refractivity contribution < 1.29 is 0 Å².